The summed E-state index contributed by atoms with van der Waals surface area (Å²) in [5.74, 6) is 2.49. The van der Waals surface area contributed by atoms with Crippen molar-refractivity contribution in [1.82, 2.24) is 5.32 Å². The summed E-state index contributed by atoms with van der Waals surface area (Å²) in [6.45, 7) is 12.2. The van der Waals surface area contributed by atoms with E-state index < -0.39 is 6.10 Å². The third-order valence-electron chi connectivity index (χ3n) is 5.20. The first-order valence-electron chi connectivity index (χ1n) is 10.8. The van der Waals surface area contributed by atoms with E-state index in [1.807, 2.05) is 18.2 Å². The molecule has 1 aliphatic heterocycles. The monoisotopic (exact) mass is 507 g/mol. The molecule has 1 heterocycles. The third kappa shape index (κ3) is 6.53. The predicted molar refractivity (Wildman–Crippen MR) is 129 cm³/mol. The van der Waals surface area contributed by atoms with Crippen LogP contribution in [0.2, 0.25) is 0 Å². The number of halogens is 1. The Labute approximate surface area is 199 Å². The minimum Gasteiger partial charge on any atom is -0.493 e. The van der Waals surface area contributed by atoms with Gasteiger partial charge in [0.15, 0.2) is 23.0 Å². The van der Waals surface area contributed by atoms with Gasteiger partial charge < -0.3 is 29.4 Å². The van der Waals surface area contributed by atoms with E-state index in [1.54, 1.807) is 19.2 Å². The van der Waals surface area contributed by atoms with Crippen LogP contribution in [0.5, 0.6) is 23.0 Å². The molecule has 1 aliphatic rings. The fourth-order valence-corrected chi connectivity index (χ4v) is 4.73. The van der Waals surface area contributed by atoms with Crippen molar-refractivity contribution in [3.05, 3.63) is 45.9 Å². The lowest BCUT2D eigenvalue weighted by Crippen LogP contribution is -2.41. The summed E-state index contributed by atoms with van der Waals surface area (Å²) in [5, 5.41) is 14.2. The van der Waals surface area contributed by atoms with E-state index in [-0.39, 0.29) is 24.4 Å². The van der Waals surface area contributed by atoms with Crippen molar-refractivity contribution < 1.29 is 24.1 Å². The van der Waals surface area contributed by atoms with Crippen molar-refractivity contribution in [2.75, 3.05) is 20.5 Å². The molecule has 0 aromatic heterocycles. The lowest BCUT2D eigenvalue weighted by Gasteiger charge is -2.33. The van der Waals surface area contributed by atoms with Gasteiger partial charge in [0, 0.05) is 12.1 Å². The van der Waals surface area contributed by atoms with Gasteiger partial charge in [0.25, 0.3) is 0 Å². The Morgan fingerprint density at radius 2 is 1.81 bits per heavy atom. The maximum atomic E-state index is 10.6. The van der Waals surface area contributed by atoms with Crippen LogP contribution in [0.4, 0.5) is 0 Å². The van der Waals surface area contributed by atoms with Crippen LogP contribution in [-0.4, -0.2) is 31.2 Å². The van der Waals surface area contributed by atoms with Gasteiger partial charge in [-0.05, 0) is 77.0 Å². The summed E-state index contributed by atoms with van der Waals surface area (Å²) in [5.41, 5.74) is 2.03. The minimum atomic E-state index is -0.819. The number of ether oxygens (including phenoxy) is 4. The van der Waals surface area contributed by atoms with Gasteiger partial charge in [-0.1, -0.05) is 26.8 Å². The Morgan fingerprint density at radius 1 is 1.09 bits per heavy atom. The van der Waals surface area contributed by atoms with Crippen molar-refractivity contribution in [2.24, 2.45) is 5.41 Å². The van der Waals surface area contributed by atoms with Crippen molar-refractivity contribution in [3.63, 3.8) is 0 Å². The number of aliphatic hydroxyl groups is 1. The molecule has 0 radical (unpaired) electrons. The molecule has 0 bridgehead atoms. The standard InChI is InChI=1S/C25H34BrNO5/c1-24(2,3)14-25(4,5)27-12-16-9-18(26)23(22(10-16)29-6)30-13-19(28)17-7-8-20-21(11-17)32-15-31-20/h7-11,19,27-28H,12-15H2,1-6H3. The summed E-state index contributed by atoms with van der Waals surface area (Å²) in [6, 6.07) is 9.36. The largest absolute Gasteiger partial charge is 0.493 e. The lowest BCUT2D eigenvalue weighted by atomic mass is 9.82. The molecule has 0 saturated heterocycles. The maximum Gasteiger partial charge on any atom is 0.231 e. The van der Waals surface area contributed by atoms with Crippen LogP contribution in [0, 0.1) is 5.41 Å². The molecule has 0 amide bonds. The zero-order valence-electron chi connectivity index (χ0n) is 19.8. The second kappa shape index (κ2) is 9.89. The fraction of sp³-hybridized carbons (Fsp3) is 0.520. The first kappa shape index (κ1) is 24.7. The SMILES string of the molecule is COc1cc(CNC(C)(C)CC(C)(C)C)cc(Br)c1OCC(O)c1ccc2c(c1)OCO2. The van der Waals surface area contributed by atoms with Crippen molar-refractivity contribution in [1.29, 1.82) is 0 Å². The Bertz CT molecular complexity index is 939. The molecule has 2 aromatic rings. The van der Waals surface area contributed by atoms with E-state index in [9.17, 15) is 5.11 Å². The Hall–Kier alpha value is -1.96. The Morgan fingerprint density at radius 3 is 2.50 bits per heavy atom. The molecule has 0 aliphatic carbocycles. The second-order valence-corrected chi connectivity index (χ2v) is 10.9. The van der Waals surface area contributed by atoms with Crippen molar-refractivity contribution in [3.8, 4) is 23.0 Å². The highest BCUT2D eigenvalue weighted by molar-refractivity contribution is 9.10. The fourth-order valence-electron chi connectivity index (χ4n) is 4.12. The lowest BCUT2D eigenvalue weighted by molar-refractivity contribution is 0.105. The number of nitrogens with one attached hydrogen (secondary N) is 1. The van der Waals surface area contributed by atoms with E-state index in [2.05, 4.69) is 55.9 Å². The summed E-state index contributed by atoms with van der Waals surface area (Å²) >= 11 is 3.60. The molecule has 7 heteroatoms. The summed E-state index contributed by atoms with van der Waals surface area (Å²) < 4.78 is 23.0. The highest BCUT2D eigenvalue weighted by atomic mass is 79.9. The maximum absolute atomic E-state index is 10.6. The van der Waals surface area contributed by atoms with Crippen LogP contribution in [0.15, 0.2) is 34.8 Å². The molecule has 0 spiro atoms. The molecular formula is C25H34BrNO5. The average molecular weight is 508 g/mol. The minimum absolute atomic E-state index is 0.00184. The second-order valence-electron chi connectivity index (χ2n) is 10.0. The Balaban J connectivity index is 1.66. The van der Waals surface area contributed by atoms with E-state index in [1.165, 1.54) is 0 Å². The van der Waals surface area contributed by atoms with Gasteiger partial charge >= 0.3 is 0 Å². The van der Waals surface area contributed by atoms with Crippen LogP contribution in [-0.2, 0) is 6.54 Å². The van der Waals surface area contributed by atoms with Crippen LogP contribution in [0.3, 0.4) is 0 Å². The molecular weight excluding hydrogens is 474 g/mol. The molecule has 2 N–H and O–H groups in total. The predicted octanol–water partition coefficient (Wildman–Crippen LogP) is 5.60. The van der Waals surface area contributed by atoms with E-state index in [0.717, 1.165) is 16.5 Å². The van der Waals surface area contributed by atoms with Gasteiger partial charge in [-0.25, -0.2) is 0 Å². The van der Waals surface area contributed by atoms with Crippen LogP contribution in [0.1, 0.15) is 58.3 Å². The smallest absolute Gasteiger partial charge is 0.231 e. The number of rotatable bonds is 9. The average Bonchev–Trinajstić information content (AvgIpc) is 3.17. The van der Waals surface area contributed by atoms with Gasteiger partial charge in [-0.2, -0.15) is 0 Å². The molecule has 0 fully saturated rings. The zero-order valence-corrected chi connectivity index (χ0v) is 21.3. The quantitative estimate of drug-likeness (QED) is 0.460. The van der Waals surface area contributed by atoms with Gasteiger partial charge in [0.05, 0.1) is 11.6 Å². The molecule has 1 atom stereocenters. The molecule has 32 heavy (non-hydrogen) atoms. The highest BCUT2D eigenvalue weighted by Gasteiger charge is 2.25. The summed E-state index contributed by atoms with van der Waals surface area (Å²) in [6.07, 6.45) is 0.234. The Kier molecular flexibility index (Phi) is 7.63. The van der Waals surface area contributed by atoms with E-state index in [4.69, 9.17) is 18.9 Å². The molecule has 6 nitrogen and oxygen atoms in total. The highest BCUT2D eigenvalue weighted by Crippen LogP contribution is 2.38. The van der Waals surface area contributed by atoms with Gasteiger partial charge in [0.1, 0.15) is 12.7 Å². The molecule has 0 saturated carbocycles. The zero-order chi connectivity index (χ0) is 23.5. The van der Waals surface area contributed by atoms with Crippen LogP contribution >= 0.6 is 15.9 Å². The number of hydrogen-bond acceptors (Lipinski definition) is 6. The number of hydrogen-bond donors (Lipinski definition) is 2. The number of methoxy groups -OCH3 is 1. The number of benzene rings is 2. The van der Waals surface area contributed by atoms with E-state index in [0.29, 0.717) is 35.1 Å². The van der Waals surface area contributed by atoms with Gasteiger partial charge in [-0.3, -0.25) is 0 Å². The molecule has 1 unspecified atom stereocenters. The first-order chi connectivity index (χ1) is 15.0. The van der Waals surface area contributed by atoms with Crippen LogP contribution < -0.4 is 24.3 Å². The number of fused-ring (bicyclic) bond motifs is 1. The van der Waals surface area contributed by atoms with Crippen molar-refractivity contribution >= 4 is 15.9 Å². The summed E-state index contributed by atoms with van der Waals surface area (Å²) in [4.78, 5) is 0. The van der Waals surface area contributed by atoms with E-state index >= 15 is 0 Å². The van der Waals surface area contributed by atoms with Gasteiger partial charge in [0.2, 0.25) is 6.79 Å². The molecule has 2 aromatic carbocycles. The molecule has 3 rings (SSSR count). The summed E-state index contributed by atoms with van der Waals surface area (Å²) in [7, 11) is 1.61. The molecule has 176 valence electrons. The van der Waals surface area contributed by atoms with Crippen molar-refractivity contribution in [2.45, 2.75) is 59.2 Å². The third-order valence-corrected chi connectivity index (χ3v) is 5.79. The van der Waals surface area contributed by atoms with Crippen LogP contribution in [0.25, 0.3) is 0 Å². The normalized spacial score (nSPS) is 14.4. The number of aliphatic hydroxyl groups excluding tert-OH is 1. The van der Waals surface area contributed by atoms with Gasteiger partial charge in [-0.15, -0.1) is 0 Å². The topological polar surface area (TPSA) is 69.2 Å². The first-order valence-corrected chi connectivity index (χ1v) is 11.6.